The fourth-order valence-corrected chi connectivity index (χ4v) is 2.65. The maximum absolute atomic E-state index is 6.19. The number of halogens is 1. The van der Waals surface area contributed by atoms with Gasteiger partial charge in [-0.05, 0) is 38.3 Å². The monoisotopic (exact) mass is 289 g/mol. The predicted molar refractivity (Wildman–Crippen MR) is 81.5 cm³/mol. The van der Waals surface area contributed by atoms with E-state index in [1.807, 2.05) is 30.4 Å². The average molecular weight is 290 g/mol. The highest BCUT2D eigenvalue weighted by molar-refractivity contribution is 7.98. The average Bonchev–Trinajstić information content (AvgIpc) is 2.58. The number of unbranched alkanes of at least 4 members (excludes halogenated alkanes) is 3. The largest absolute Gasteiger partial charge is 0.311 e. The maximum Gasteiger partial charge on any atom is 0.0860 e. The molecule has 0 fully saturated rings. The van der Waals surface area contributed by atoms with Crippen LogP contribution in [-0.2, 0) is 13.6 Å². The number of hydrogen-bond acceptors (Lipinski definition) is 3. The number of rotatable bonds is 9. The van der Waals surface area contributed by atoms with Gasteiger partial charge in [-0.15, -0.1) is 0 Å². The molecule has 0 bridgehead atoms. The van der Waals surface area contributed by atoms with Crippen LogP contribution in [0.15, 0.2) is 0 Å². The molecule has 0 radical (unpaired) electrons. The van der Waals surface area contributed by atoms with Crippen molar-refractivity contribution in [3.63, 3.8) is 0 Å². The summed E-state index contributed by atoms with van der Waals surface area (Å²) < 4.78 is 1.86. The summed E-state index contributed by atoms with van der Waals surface area (Å²) in [6.45, 7) is 3.80. The highest BCUT2D eigenvalue weighted by atomic mass is 35.5. The van der Waals surface area contributed by atoms with Gasteiger partial charge in [-0.2, -0.15) is 16.9 Å². The van der Waals surface area contributed by atoms with Gasteiger partial charge in [0.25, 0.3) is 0 Å². The predicted octanol–water partition coefficient (Wildman–Crippen LogP) is 3.39. The number of aromatic nitrogens is 2. The highest BCUT2D eigenvalue weighted by Crippen LogP contribution is 2.18. The van der Waals surface area contributed by atoms with E-state index in [2.05, 4.69) is 16.7 Å². The second kappa shape index (κ2) is 8.83. The minimum atomic E-state index is 0.796. The van der Waals surface area contributed by atoms with Gasteiger partial charge < -0.3 is 5.32 Å². The Hall–Kier alpha value is -0.190. The van der Waals surface area contributed by atoms with Crippen molar-refractivity contribution in [1.82, 2.24) is 15.1 Å². The van der Waals surface area contributed by atoms with Gasteiger partial charge in [0.05, 0.1) is 16.4 Å². The van der Waals surface area contributed by atoms with Crippen LogP contribution in [0.25, 0.3) is 0 Å². The molecule has 0 aliphatic carbocycles. The molecule has 0 spiro atoms. The lowest BCUT2D eigenvalue weighted by Crippen LogP contribution is -2.17. The van der Waals surface area contributed by atoms with Gasteiger partial charge in [0.15, 0.2) is 0 Å². The summed E-state index contributed by atoms with van der Waals surface area (Å²) >= 11 is 8.12. The molecule has 0 unspecified atom stereocenters. The van der Waals surface area contributed by atoms with Gasteiger partial charge in [-0.3, -0.25) is 4.68 Å². The molecule has 3 nitrogen and oxygen atoms in total. The Bertz CT molecular complexity index is 352. The Morgan fingerprint density at radius 2 is 2.00 bits per heavy atom. The number of hydrogen-bond donors (Lipinski definition) is 1. The van der Waals surface area contributed by atoms with Gasteiger partial charge in [0.1, 0.15) is 0 Å². The van der Waals surface area contributed by atoms with Crippen LogP contribution < -0.4 is 5.32 Å². The molecule has 0 aromatic carbocycles. The molecule has 1 rings (SSSR count). The third-order valence-electron chi connectivity index (χ3n) is 3.01. The second-order valence-electron chi connectivity index (χ2n) is 4.55. The Morgan fingerprint density at radius 3 is 2.61 bits per heavy atom. The standard InChI is InChI=1S/C13H24ClN3S/c1-11-13(14)12(17(2)16-11)10-15-8-6-4-5-7-9-18-3/h15H,4-10H2,1-3H3. The van der Waals surface area contributed by atoms with Crippen LogP contribution in [0.3, 0.4) is 0 Å². The van der Waals surface area contributed by atoms with Crippen molar-refractivity contribution in [2.45, 2.75) is 39.2 Å². The molecule has 1 N–H and O–H groups in total. The molecule has 0 saturated heterocycles. The molecule has 104 valence electrons. The van der Waals surface area contributed by atoms with Crippen LogP contribution in [0.2, 0.25) is 5.02 Å². The van der Waals surface area contributed by atoms with Gasteiger partial charge in [-0.1, -0.05) is 24.4 Å². The van der Waals surface area contributed by atoms with Crippen LogP contribution in [0.5, 0.6) is 0 Å². The summed E-state index contributed by atoms with van der Waals surface area (Å²) in [6, 6.07) is 0. The Morgan fingerprint density at radius 1 is 1.28 bits per heavy atom. The molecule has 0 aliphatic rings. The molecule has 0 atom stereocenters. The van der Waals surface area contributed by atoms with E-state index in [0.717, 1.165) is 29.5 Å². The summed E-state index contributed by atoms with van der Waals surface area (Å²) in [5, 5.41) is 8.54. The van der Waals surface area contributed by atoms with E-state index >= 15 is 0 Å². The summed E-state index contributed by atoms with van der Waals surface area (Å²) in [4.78, 5) is 0. The lowest BCUT2D eigenvalue weighted by molar-refractivity contribution is 0.578. The molecule has 1 heterocycles. The normalized spacial score (nSPS) is 11.1. The lowest BCUT2D eigenvalue weighted by Gasteiger charge is -2.06. The van der Waals surface area contributed by atoms with E-state index in [9.17, 15) is 0 Å². The summed E-state index contributed by atoms with van der Waals surface area (Å²) in [5.41, 5.74) is 1.99. The van der Waals surface area contributed by atoms with Crippen LogP contribution in [0.4, 0.5) is 0 Å². The number of aryl methyl sites for hydroxylation is 2. The van der Waals surface area contributed by atoms with Gasteiger partial charge in [-0.25, -0.2) is 0 Å². The zero-order valence-corrected chi connectivity index (χ0v) is 13.2. The van der Waals surface area contributed by atoms with Gasteiger partial charge in [0, 0.05) is 13.6 Å². The first kappa shape index (κ1) is 15.9. The van der Waals surface area contributed by atoms with Gasteiger partial charge >= 0.3 is 0 Å². The van der Waals surface area contributed by atoms with Crippen LogP contribution in [0.1, 0.15) is 37.1 Å². The first-order chi connectivity index (χ1) is 8.66. The smallest absolute Gasteiger partial charge is 0.0860 e. The van der Waals surface area contributed by atoms with Crippen molar-refractivity contribution in [3.8, 4) is 0 Å². The Balaban J connectivity index is 2.11. The molecule has 0 aliphatic heterocycles. The van der Waals surface area contributed by atoms with Crippen molar-refractivity contribution in [3.05, 3.63) is 16.4 Å². The lowest BCUT2D eigenvalue weighted by atomic mass is 10.2. The summed E-state index contributed by atoms with van der Waals surface area (Å²) in [5.74, 6) is 1.29. The topological polar surface area (TPSA) is 29.9 Å². The molecule has 18 heavy (non-hydrogen) atoms. The van der Waals surface area contributed by atoms with E-state index in [1.165, 1.54) is 31.4 Å². The Kier molecular flexibility index (Phi) is 7.79. The molecule has 5 heteroatoms. The van der Waals surface area contributed by atoms with Crippen molar-refractivity contribution in [2.75, 3.05) is 18.6 Å². The number of nitrogens with one attached hydrogen (secondary N) is 1. The van der Waals surface area contributed by atoms with Crippen molar-refractivity contribution >= 4 is 23.4 Å². The molecular formula is C13H24ClN3S. The van der Waals surface area contributed by atoms with Gasteiger partial charge in [0.2, 0.25) is 0 Å². The molecular weight excluding hydrogens is 266 g/mol. The molecule has 1 aromatic rings. The van der Waals surface area contributed by atoms with Crippen LogP contribution in [0, 0.1) is 6.92 Å². The first-order valence-electron chi connectivity index (χ1n) is 6.54. The zero-order valence-electron chi connectivity index (χ0n) is 11.6. The third-order valence-corrected chi connectivity index (χ3v) is 4.19. The summed E-state index contributed by atoms with van der Waals surface area (Å²) in [6.07, 6.45) is 7.40. The van der Waals surface area contributed by atoms with E-state index in [0.29, 0.717) is 0 Å². The minimum Gasteiger partial charge on any atom is -0.311 e. The fourth-order valence-electron chi connectivity index (χ4n) is 1.93. The SMILES string of the molecule is CSCCCCCCNCc1c(Cl)c(C)nn1C. The molecule has 0 amide bonds. The van der Waals surface area contributed by atoms with Crippen LogP contribution in [-0.4, -0.2) is 28.3 Å². The number of nitrogens with zero attached hydrogens (tertiary/aromatic N) is 2. The maximum atomic E-state index is 6.19. The van der Waals surface area contributed by atoms with E-state index in [-0.39, 0.29) is 0 Å². The van der Waals surface area contributed by atoms with Crippen molar-refractivity contribution < 1.29 is 0 Å². The fraction of sp³-hybridized carbons (Fsp3) is 0.769. The molecule has 0 saturated carbocycles. The second-order valence-corrected chi connectivity index (χ2v) is 5.92. The van der Waals surface area contributed by atoms with Crippen molar-refractivity contribution in [1.29, 1.82) is 0 Å². The third kappa shape index (κ3) is 5.21. The van der Waals surface area contributed by atoms with Crippen molar-refractivity contribution in [2.24, 2.45) is 7.05 Å². The zero-order chi connectivity index (χ0) is 13.4. The minimum absolute atomic E-state index is 0.796. The number of thioether (sulfide) groups is 1. The first-order valence-corrected chi connectivity index (χ1v) is 8.31. The van der Waals surface area contributed by atoms with E-state index in [1.54, 1.807) is 0 Å². The quantitative estimate of drug-likeness (QED) is 0.707. The van der Waals surface area contributed by atoms with E-state index < -0.39 is 0 Å². The molecule has 1 aromatic heterocycles. The Labute approximate surface area is 120 Å². The van der Waals surface area contributed by atoms with Crippen LogP contribution >= 0.6 is 23.4 Å². The highest BCUT2D eigenvalue weighted by Gasteiger charge is 2.09. The summed E-state index contributed by atoms with van der Waals surface area (Å²) in [7, 11) is 1.94. The van der Waals surface area contributed by atoms with E-state index in [4.69, 9.17) is 11.6 Å².